The minimum Gasteiger partial charge on any atom is -0.468 e. The van der Waals surface area contributed by atoms with Gasteiger partial charge in [0.05, 0.1) is 13.7 Å². The standard InChI is InChI=1S/C20H23NO4/c1-4-25-20(23)18(21(2)16-13-9-6-10-14-16)17(19(22)24-3)15-11-7-5-8-12-15/h5-14,17-18H,4H2,1-3H3. The van der Waals surface area contributed by atoms with Crippen molar-refractivity contribution in [1.29, 1.82) is 0 Å². The van der Waals surface area contributed by atoms with Gasteiger partial charge in [-0.25, -0.2) is 4.79 Å². The Bertz CT molecular complexity index is 687. The van der Waals surface area contributed by atoms with E-state index < -0.39 is 23.9 Å². The van der Waals surface area contributed by atoms with Crippen molar-refractivity contribution < 1.29 is 19.1 Å². The van der Waals surface area contributed by atoms with E-state index in [4.69, 9.17) is 9.47 Å². The van der Waals surface area contributed by atoms with Crippen LogP contribution in [0, 0.1) is 0 Å². The van der Waals surface area contributed by atoms with Crippen molar-refractivity contribution in [2.75, 3.05) is 25.7 Å². The molecule has 0 saturated carbocycles. The molecule has 0 fully saturated rings. The Balaban J connectivity index is 2.50. The molecule has 2 aromatic carbocycles. The Hall–Kier alpha value is -2.82. The van der Waals surface area contributed by atoms with Gasteiger partial charge in [-0.05, 0) is 24.6 Å². The van der Waals surface area contributed by atoms with Gasteiger partial charge in [-0.15, -0.1) is 0 Å². The van der Waals surface area contributed by atoms with Gasteiger partial charge in [0.25, 0.3) is 0 Å². The fourth-order valence-electron chi connectivity index (χ4n) is 2.80. The minimum atomic E-state index is -0.836. The topological polar surface area (TPSA) is 55.8 Å². The number of carbonyl (C=O) groups is 2. The highest BCUT2D eigenvalue weighted by Crippen LogP contribution is 2.29. The van der Waals surface area contributed by atoms with Crippen LogP contribution in [0.15, 0.2) is 60.7 Å². The lowest BCUT2D eigenvalue weighted by molar-refractivity contribution is -0.152. The van der Waals surface area contributed by atoms with Crippen LogP contribution in [0.3, 0.4) is 0 Å². The van der Waals surface area contributed by atoms with Crippen LogP contribution in [0.2, 0.25) is 0 Å². The van der Waals surface area contributed by atoms with Crippen molar-refractivity contribution in [1.82, 2.24) is 0 Å². The van der Waals surface area contributed by atoms with Crippen LogP contribution in [0.1, 0.15) is 18.4 Å². The molecule has 0 bridgehead atoms. The molecule has 2 rings (SSSR count). The Morgan fingerprint density at radius 3 is 2.04 bits per heavy atom. The number of methoxy groups -OCH3 is 1. The van der Waals surface area contributed by atoms with Gasteiger partial charge < -0.3 is 14.4 Å². The molecule has 5 heteroatoms. The van der Waals surface area contributed by atoms with Gasteiger partial charge in [0.2, 0.25) is 0 Å². The predicted molar refractivity (Wildman–Crippen MR) is 96.5 cm³/mol. The molecule has 0 heterocycles. The van der Waals surface area contributed by atoms with Gasteiger partial charge in [0.1, 0.15) is 12.0 Å². The monoisotopic (exact) mass is 341 g/mol. The number of likely N-dealkylation sites (N-methyl/N-ethyl adjacent to an activating group) is 1. The summed E-state index contributed by atoms with van der Waals surface area (Å²) < 4.78 is 10.2. The zero-order valence-corrected chi connectivity index (χ0v) is 14.7. The minimum absolute atomic E-state index is 0.237. The number of nitrogens with zero attached hydrogens (tertiary/aromatic N) is 1. The summed E-state index contributed by atoms with van der Waals surface area (Å²) in [4.78, 5) is 27.0. The third kappa shape index (κ3) is 4.38. The quantitative estimate of drug-likeness (QED) is 0.725. The molecule has 25 heavy (non-hydrogen) atoms. The maximum absolute atomic E-state index is 12.7. The molecule has 5 nitrogen and oxygen atoms in total. The number of para-hydroxylation sites is 1. The van der Waals surface area contributed by atoms with Crippen LogP contribution < -0.4 is 4.90 Å². The van der Waals surface area contributed by atoms with E-state index in [1.165, 1.54) is 7.11 Å². The Morgan fingerprint density at radius 2 is 1.52 bits per heavy atom. The molecule has 2 atom stereocenters. The first-order valence-corrected chi connectivity index (χ1v) is 8.17. The van der Waals surface area contributed by atoms with Crippen molar-refractivity contribution in [2.45, 2.75) is 18.9 Å². The summed E-state index contributed by atoms with van der Waals surface area (Å²) in [6, 6.07) is 17.7. The molecule has 0 aromatic heterocycles. The molecule has 0 radical (unpaired) electrons. The molecule has 0 saturated heterocycles. The van der Waals surface area contributed by atoms with E-state index in [1.807, 2.05) is 60.7 Å². The molecule has 0 spiro atoms. The lowest BCUT2D eigenvalue weighted by atomic mass is 9.90. The number of hydrogen-bond donors (Lipinski definition) is 0. The van der Waals surface area contributed by atoms with Gasteiger partial charge in [-0.2, -0.15) is 0 Å². The first kappa shape index (κ1) is 18.5. The normalized spacial score (nSPS) is 12.8. The highest BCUT2D eigenvalue weighted by molar-refractivity contribution is 5.91. The Labute approximate surface area is 148 Å². The lowest BCUT2D eigenvalue weighted by Crippen LogP contribution is -2.47. The molecule has 132 valence electrons. The molecule has 0 amide bonds. The van der Waals surface area contributed by atoms with Gasteiger partial charge in [-0.3, -0.25) is 4.79 Å². The van der Waals surface area contributed by atoms with E-state index >= 15 is 0 Å². The van der Waals surface area contributed by atoms with Crippen LogP contribution in [0.5, 0.6) is 0 Å². The molecular formula is C20H23NO4. The molecule has 0 N–H and O–H groups in total. The van der Waals surface area contributed by atoms with E-state index in [0.717, 1.165) is 5.69 Å². The van der Waals surface area contributed by atoms with E-state index in [2.05, 4.69) is 0 Å². The van der Waals surface area contributed by atoms with Crippen molar-refractivity contribution in [3.8, 4) is 0 Å². The van der Waals surface area contributed by atoms with Crippen LogP contribution >= 0.6 is 0 Å². The van der Waals surface area contributed by atoms with Crippen molar-refractivity contribution in [3.63, 3.8) is 0 Å². The molecule has 2 aromatic rings. The van der Waals surface area contributed by atoms with Crippen LogP contribution in [0.25, 0.3) is 0 Å². The smallest absolute Gasteiger partial charge is 0.330 e. The molecule has 2 unspecified atom stereocenters. The van der Waals surface area contributed by atoms with E-state index in [9.17, 15) is 9.59 Å². The summed E-state index contributed by atoms with van der Waals surface area (Å²) in [5, 5.41) is 0. The average molecular weight is 341 g/mol. The average Bonchev–Trinajstić information content (AvgIpc) is 2.66. The fourth-order valence-corrected chi connectivity index (χ4v) is 2.80. The second kappa shape index (κ2) is 8.87. The maximum atomic E-state index is 12.7. The highest BCUT2D eigenvalue weighted by Gasteiger charge is 2.40. The lowest BCUT2D eigenvalue weighted by Gasteiger charge is -2.33. The molecular weight excluding hydrogens is 318 g/mol. The predicted octanol–water partition coefficient (Wildman–Crippen LogP) is 3.01. The van der Waals surface area contributed by atoms with E-state index in [-0.39, 0.29) is 6.61 Å². The van der Waals surface area contributed by atoms with Crippen molar-refractivity contribution >= 4 is 17.6 Å². The number of esters is 2. The zero-order chi connectivity index (χ0) is 18.2. The number of benzene rings is 2. The summed E-state index contributed by atoms with van der Waals surface area (Å²) in [6.07, 6.45) is 0. The SMILES string of the molecule is CCOC(=O)C(C(C(=O)OC)c1ccccc1)N(C)c1ccccc1. The maximum Gasteiger partial charge on any atom is 0.330 e. The first-order valence-electron chi connectivity index (χ1n) is 8.17. The Kier molecular flexibility index (Phi) is 6.57. The van der Waals surface area contributed by atoms with Gasteiger partial charge in [-0.1, -0.05) is 48.5 Å². The summed E-state index contributed by atoms with van der Waals surface area (Å²) in [7, 11) is 3.10. The summed E-state index contributed by atoms with van der Waals surface area (Å²) in [6.45, 7) is 1.98. The van der Waals surface area contributed by atoms with Gasteiger partial charge >= 0.3 is 11.9 Å². The van der Waals surface area contributed by atoms with Gasteiger partial charge in [0, 0.05) is 12.7 Å². The Morgan fingerprint density at radius 1 is 0.960 bits per heavy atom. The molecule has 0 aliphatic carbocycles. The van der Waals surface area contributed by atoms with E-state index in [1.54, 1.807) is 18.9 Å². The van der Waals surface area contributed by atoms with Crippen molar-refractivity contribution in [2.24, 2.45) is 0 Å². The van der Waals surface area contributed by atoms with Crippen LogP contribution in [-0.4, -0.2) is 38.7 Å². The van der Waals surface area contributed by atoms with Gasteiger partial charge in [0.15, 0.2) is 0 Å². The second-order valence-electron chi connectivity index (χ2n) is 5.55. The third-order valence-electron chi connectivity index (χ3n) is 4.04. The highest BCUT2D eigenvalue weighted by atomic mass is 16.5. The van der Waals surface area contributed by atoms with Crippen molar-refractivity contribution in [3.05, 3.63) is 66.2 Å². The third-order valence-corrected chi connectivity index (χ3v) is 4.04. The molecule has 0 aliphatic rings. The number of ether oxygens (including phenoxy) is 2. The number of carbonyl (C=O) groups excluding carboxylic acids is 2. The number of hydrogen-bond acceptors (Lipinski definition) is 5. The fraction of sp³-hybridized carbons (Fsp3) is 0.300. The zero-order valence-electron chi connectivity index (χ0n) is 14.7. The summed E-state index contributed by atoms with van der Waals surface area (Å²) in [5.74, 6) is -1.74. The van der Waals surface area contributed by atoms with E-state index in [0.29, 0.717) is 5.56 Å². The number of rotatable bonds is 7. The van der Waals surface area contributed by atoms with Crippen LogP contribution in [0.4, 0.5) is 5.69 Å². The summed E-state index contributed by atoms with van der Waals surface area (Å²) >= 11 is 0. The summed E-state index contributed by atoms with van der Waals surface area (Å²) in [5.41, 5.74) is 1.51. The molecule has 0 aliphatic heterocycles. The number of anilines is 1. The second-order valence-corrected chi connectivity index (χ2v) is 5.55. The van der Waals surface area contributed by atoms with Crippen LogP contribution in [-0.2, 0) is 19.1 Å². The first-order chi connectivity index (χ1) is 12.1. The largest absolute Gasteiger partial charge is 0.468 e.